The Morgan fingerprint density at radius 2 is 1.39 bits per heavy atom. The van der Waals surface area contributed by atoms with Gasteiger partial charge in [-0.3, -0.25) is 0 Å². The second-order valence-electron chi connectivity index (χ2n) is 8.84. The topological polar surface area (TPSA) is 90.8 Å². The predicted molar refractivity (Wildman–Crippen MR) is 140 cm³/mol. The number of nitrogens with one attached hydrogen (secondary N) is 2. The van der Waals surface area contributed by atoms with Crippen LogP contribution in [0.25, 0.3) is 11.1 Å². The van der Waals surface area contributed by atoms with E-state index in [0.29, 0.717) is 5.56 Å². The van der Waals surface area contributed by atoms with Crippen LogP contribution in [0.5, 0.6) is 0 Å². The molecule has 1 amide bonds. The zero-order chi connectivity index (χ0) is 24.9. The van der Waals surface area contributed by atoms with Gasteiger partial charge in [0.1, 0.15) is 18.8 Å². The van der Waals surface area contributed by atoms with E-state index in [9.17, 15) is 15.0 Å². The maximum Gasteiger partial charge on any atom is 0.407 e. The number of aliphatic hydroxyl groups excluding tert-OH is 2. The summed E-state index contributed by atoms with van der Waals surface area (Å²) in [5, 5.41) is 27.0. The van der Waals surface area contributed by atoms with Crippen molar-refractivity contribution in [2.24, 2.45) is 0 Å². The van der Waals surface area contributed by atoms with Gasteiger partial charge in [0.25, 0.3) is 0 Å². The van der Waals surface area contributed by atoms with Crippen molar-refractivity contribution in [1.29, 1.82) is 0 Å². The molecule has 0 radical (unpaired) electrons. The Hall–Kier alpha value is -4.13. The summed E-state index contributed by atoms with van der Waals surface area (Å²) in [5.74, 6) is -0.0430. The zero-order valence-corrected chi connectivity index (χ0v) is 19.7. The summed E-state index contributed by atoms with van der Waals surface area (Å²) >= 11 is 0. The van der Waals surface area contributed by atoms with E-state index in [4.69, 9.17) is 4.74 Å². The lowest BCUT2D eigenvalue weighted by atomic mass is 9.98. The molecule has 4 N–H and O–H groups in total. The second-order valence-corrected chi connectivity index (χ2v) is 8.84. The Morgan fingerprint density at radius 1 is 0.778 bits per heavy atom. The van der Waals surface area contributed by atoms with Crippen molar-refractivity contribution in [3.8, 4) is 11.1 Å². The Balaban J connectivity index is 1.15. The van der Waals surface area contributed by atoms with Crippen LogP contribution in [-0.2, 0) is 4.74 Å². The Morgan fingerprint density at radius 3 is 2.08 bits per heavy atom. The van der Waals surface area contributed by atoms with Gasteiger partial charge in [-0.2, -0.15) is 0 Å². The highest BCUT2D eigenvalue weighted by molar-refractivity contribution is 5.79. The Bertz CT molecular complexity index is 1300. The van der Waals surface area contributed by atoms with E-state index in [2.05, 4.69) is 34.9 Å². The molecule has 2 atom stereocenters. The number of carbonyl (C=O) groups excluding carboxylic acids is 1. The molecule has 6 heteroatoms. The number of aliphatic hydroxyl groups is 2. The highest BCUT2D eigenvalue weighted by Crippen LogP contribution is 2.44. The zero-order valence-electron chi connectivity index (χ0n) is 19.7. The number of rotatable bonds is 8. The molecule has 0 bridgehead atoms. The molecule has 0 heterocycles. The van der Waals surface area contributed by atoms with E-state index in [1.165, 1.54) is 0 Å². The van der Waals surface area contributed by atoms with Gasteiger partial charge in [0.15, 0.2) is 0 Å². The summed E-state index contributed by atoms with van der Waals surface area (Å²) in [4.78, 5) is 12.4. The number of alkyl carbamates (subject to hydrolysis) is 1. The van der Waals surface area contributed by atoms with Gasteiger partial charge in [-0.1, -0.05) is 78.9 Å². The molecule has 4 aromatic carbocycles. The standard InChI is InChI=1S/C30H28N2O4/c33-28(29(34)20-9-8-12-22(17-20)32-21-10-2-1-3-11-21)18-31-30(35)36-19-27-25-15-6-4-13-23(25)24-14-5-7-16-26(24)27/h1-17,27-29,32-34H,18-19H2,(H,31,35). The summed E-state index contributed by atoms with van der Waals surface area (Å²) in [6.07, 6.45) is -3.00. The monoisotopic (exact) mass is 480 g/mol. The van der Waals surface area contributed by atoms with Crippen molar-refractivity contribution in [2.45, 2.75) is 18.1 Å². The lowest BCUT2D eigenvalue weighted by Crippen LogP contribution is -2.36. The highest BCUT2D eigenvalue weighted by Gasteiger charge is 2.29. The lowest BCUT2D eigenvalue weighted by Gasteiger charge is -2.20. The van der Waals surface area contributed by atoms with Gasteiger partial charge >= 0.3 is 6.09 Å². The SMILES string of the molecule is O=C(NCC(O)C(O)c1cccc(Nc2ccccc2)c1)OCC1c2ccccc2-c2ccccc21. The van der Waals surface area contributed by atoms with Gasteiger partial charge in [0.05, 0.1) is 0 Å². The minimum Gasteiger partial charge on any atom is -0.449 e. The predicted octanol–water partition coefficient (Wildman–Crippen LogP) is 5.36. The van der Waals surface area contributed by atoms with Crippen LogP contribution in [0.4, 0.5) is 16.2 Å². The first-order valence-corrected chi connectivity index (χ1v) is 12.0. The number of para-hydroxylation sites is 1. The molecule has 4 aromatic rings. The van der Waals surface area contributed by atoms with Crippen LogP contribution in [0.15, 0.2) is 103 Å². The van der Waals surface area contributed by atoms with E-state index in [0.717, 1.165) is 33.6 Å². The van der Waals surface area contributed by atoms with Gasteiger partial charge in [0.2, 0.25) is 0 Å². The summed E-state index contributed by atoms with van der Waals surface area (Å²) in [7, 11) is 0. The van der Waals surface area contributed by atoms with E-state index in [1.807, 2.05) is 60.7 Å². The third-order valence-corrected chi connectivity index (χ3v) is 6.45. The van der Waals surface area contributed by atoms with Crippen molar-refractivity contribution < 1.29 is 19.7 Å². The number of fused-ring (bicyclic) bond motifs is 3. The number of anilines is 2. The van der Waals surface area contributed by atoms with Crippen molar-refractivity contribution >= 4 is 17.5 Å². The molecular formula is C30H28N2O4. The van der Waals surface area contributed by atoms with Crippen LogP contribution in [0.1, 0.15) is 28.7 Å². The van der Waals surface area contributed by atoms with Crippen molar-refractivity contribution in [3.63, 3.8) is 0 Å². The normalized spacial score (nSPS) is 13.8. The quantitative estimate of drug-likeness (QED) is 0.272. The maximum absolute atomic E-state index is 12.4. The molecule has 2 unspecified atom stereocenters. The molecular weight excluding hydrogens is 452 g/mol. The molecule has 6 nitrogen and oxygen atoms in total. The molecule has 1 aliphatic carbocycles. The molecule has 1 aliphatic rings. The molecule has 0 spiro atoms. The van der Waals surface area contributed by atoms with Crippen LogP contribution < -0.4 is 10.6 Å². The molecule has 0 saturated heterocycles. The van der Waals surface area contributed by atoms with Gasteiger partial charge in [0, 0.05) is 23.8 Å². The fourth-order valence-corrected chi connectivity index (χ4v) is 4.66. The van der Waals surface area contributed by atoms with Crippen LogP contribution in [-0.4, -0.2) is 35.6 Å². The first-order chi connectivity index (χ1) is 17.6. The fraction of sp³-hybridized carbons (Fsp3) is 0.167. The Labute approximate surface area is 210 Å². The van der Waals surface area contributed by atoms with Crippen molar-refractivity contribution in [3.05, 3.63) is 120 Å². The van der Waals surface area contributed by atoms with Gasteiger partial charge in [-0.25, -0.2) is 4.79 Å². The number of ether oxygens (including phenoxy) is 1. The second kappa shape index (κ2) is 10.6. The van der Waals surface area contributed by atoms with Gasteiger partial charge in [-0.15, -0.1) is 0 Å². The maximum atomic E-state index is 12.4. The number of carbonyl (C=O) groups is 1. The molecule has 0 aromatic heterocycles. The molecule has 0 fully saturated rings. The first-order valence-electron chi connectivity index (χ1n) is 12.0. The Kier molecular flexibility index (Phi) is 6.98. The number of hydrogen-bond donors (Lipinski definition) is 4. The van der Waals surface area contributed by atoms with Crippen LogP contribution in [0, 0.1) is 0 Å². The van der Waals surface area contributed by atoms with Crippen LogP contribution >= 0.6 is 0 Å². The van der Waals surface area contributed by atoms with E-state index < -0.39 is 18.3 Å². The fourth-order valence-electron chi connectivity index (χ4n) is 4.66. The minimum atomic E-state index is -1.20. The molecule has 5 rings (SSSR count). The largest absolute Gasteiger partial charge is 0.449 e. The summed E-state index contributed by atoms with van der Waals surface area (Å²) in [5.41, 5.74) is 6.82. The number of hydrogen-bond acceptors (Lipinski definition) is 5. The highest BCUT2D eigenvalue weighted by atomic mass is 16.5. The third kappa shape index (κ3) is 5.10. The minimum absolute atomic E-state index is 0.0430. The van der Waals surface area contributed by atoms with Gasteiger partial charge < -0.3 is 25.6 Å². The average molecular weight is 481 g/mol. The summed E-state index contributed by atoms with van der Waals surface area (Å²) < 4.78 is 5.51. The number of amides is 1. The first kappa shape index (κ1) is 23.6. The summed E-state index contributed by atoms with van der Waals surface area (Å²) in [6.45, 7) is 0.0416. The van der Waals surface area contributed by atoms with Crippen LogP contribution in [0.2, 0.25) is 0 Å². The van der Waals surface area contributed by atoms with E-state index in [-0.39, 0.29) is 19.1 Å². The molecule has 0 saturated carbocycles. The third-order valence-electron chi connectivity index (χ3n) is 6.45. The molecule has 36 heavy (non-hydrogen) atoms. The van der Waals surface area contributed by atoms with Crippen LogP contribution in [0.3, 0.4) is 0 Å². The average Bonchev–Trinajstić information content (AvgIpc) is 3.24. The summed E-state index contributed by atoms with van der Waals surface area (Å²) in [6, 6.07) is 33.1. The van der Waals surface area contributed by atoms with Crippen molar-refractivity contribution in [1.82, 2.24) is 5.32 Å². The van der Waals surface area contributed by atoms with Crippen molar-refractivity contribution in [2.75, 3.05) is 18.5 Å². The molecule has 0 aliphatic heterocycles. The van der Waals surface area contributed by atoms with E-state index >= 15 is 0 Å². The lowest BCUT2D eigenvalue weighted by molar-refractivity contribution is 0.0186. The molecule has 182 valence electrons. The van der Waals surface area contributed by atoms with E-state index in [1.54, 1.807) is 18.2 Å². The smallest absolute Gasteiger partial charge is 0.407 e. The van der Waals surface area contributed by atoms with Gasteiger partial charge in [-0.05, 0) is 52.1 Å². The number of benzene rings is 4.